The number of allylic oxidation sites excluding steroid dienone is 2. The van der Waals surface area contributed by atoms with E-state index in [9.17, 15) is 24.0 Å². The molecule has 186 valence electrons. The van der Waals surface area contributed by atoms with Crippen molar-refractivity contribution in [3.63, 3.8) is 0 Å². The van der Waals surface area contributed by atoms with Crippen molar-refractivity contribution < 1.29 is 33.4 Å². The Hall–Kier alpha value is -4.27. The van der Waals surface area contributed by atoms with Gasteiger partial charge in [-0.05, 0) is 67.8 Å². The predicted molar refractivity (Wildman–Crippen MR) is 130 cm³/mol. The molecule has 0 unspecified atom stereocenters. The number of hydrogen-bond donors (Lipinski definition) is 1. The van der Waals surface area contributed by atoms with E-state index in [0.29, 0.717) is 36.4 Å². The van der Waals surface area contributed by atoms with Gasteiger partial charge >= 0.3 is 11.9 Å². The molecule has 1 heterocycles. The highest BCUT2D eigenvalue weighted by atomic mass is 16.5. The van der Waals surface area contributed by atoms with Crippen LogP contribution in [0.25, 0.3) is 0 Å². The van der Waals surface area contributed by atoms with Gasteiger partial charge < -0.3 is 14.8 Å². The van der Waals surface area contributed by atoms with E-state index < -0.39 is 24.5 Å². The summed E-state index contributed by atoms with van der Waals surface area (Å²) >= 11 is 0. The Morgan fingerprint density at radius 3 is 1.92 bits per heavy atom. The molecule has 0 spiro atoms. The minimum Gasteiger partial charge on any atom is -0.462 e. The second-order valence-corrected chi connectivity index (χ2v) is 8.55. The van der Waals surface area contributed by atoms with Gasteiger partial charge in [0, 0.05) is 5.69 Å². The van der Waals surface area contributed by atoms with Crippen LogP contribution in [-0.4, -0.2) is 42.9 Å². The summed E-state index contributed by atoms with van der Waals surface area (Å²) in [5.41, 5.74) is 1.38. The lowest BCUT2D eigenvalue weighted by atomic mass is 9.85. The number of nitrogens with one attached hydrogen (secondary N) is 1. The largest absolute Gasteiger partial charge is 0.462 e. The first-order valence-corrected chi connectivity index (χ1v) is 11.8. The van der Waals surface area contributed by atoms with Crippen LogP contribution < -0.4 is 10.2 Å². The van der Waals surface area contributed by atoms with Crippen LogP contribution in [0.1, 0.15) is 46.9 Å². The summed E-state index contributed by atoms with van der Waals surface area (Å²) in [7, 11) is 0. The van der Waals surface area contributed by atoms with Crippen LogP contribution in [0.5, 0.6) is 0 Å². The lowest BCUT2D eigenvalue weighted by molar-refractivity contribution is -0.122. The number of anilines is 2. The van der Waals surface area contributed by atoms with E-state index in [1.54, 1.807) is 12.1 Å². The number of fused-ring (bicyclic) bond motifs is 1. The number of ether oxygens (including phenoxy) is 2. The Balaban J connectivity index is 1.29. The highest BCUT2D eigenvalue weighted by Gasteiger charge is 2.47. The van der Waals surface area contributed by atoms with Crippen LogP contribution in [0.3, 0.4) is 0 Å². The lowest BCUT2D eigenvalue weighted by Crippen LogP contribution is -2.30. The minimum atomic E-state index is -0.720. The molecule has 1 aliphatic heterocycles. The molecule has 3 amide bonds. The zero-order chi connectivity index (χ0) is 25.7. The molecule has 1 N–H and O–H groups in total. The summed E-state index contributed by atoms with van der Waals surface area (Å²) < 4.78 is 10.1. The van der Waals surface area contributed by atoms with E-state index in [1.165, 1.54) is 41.3 Å². The number of rotatable bonds is 8. The van der Waals surface area contributed by atoms with Crippen LogP contribution in [0.4, 0.5) is 11.4 Å². The van der Waals surface area contributed by atoms with Crippen LogP contribution in [0.2, 0.25) is 0 Å². The number of carbonyl (C=O) groups excluding carboxylic acids is 5. The number of nitrogens with zero attached hydrogens (tertiary/aromatic N) is 1. The molecular weight excluding hydrogens is 464 g/mol. The molecular formula is C27H26N2O7. The third kappa shape index (κ3) is 5.35. The summed E-state index contributed by atoms with van der Waals surface area (Å²) in [6, 6.07) is 12.1. The van der Waals surface area contributed by atoms with Crippen molar-refractivity contribution in [2.75, 3.05) is 23.4 Å². The summed E-state index contributed by atoms with van der Waals surface area (Å²) in [5.74, 6) is -2.84. The fourth-order valence-electron chi connectivity index (χ4n) is 4.18. The molecule has 0 aromatic heterocycles. The molecule has 4 rings (SSSR count). The first kappa shape index (κ1) is 24.8. The highest BCUT2D eigenvalue weighted by Crippen LogP contribution is 2.37. The molecule has 1 aliphatic carbocycles. The van der Waals surface area contributed by atoms with Gasteiger partial charge in [0.2, 0.25) is 11.8 Å². The van der Waals surface area contributed by atoms with E-state index in [-0.39, 0.29) is 29.2 Å². The molecule has 0 radical (unpaired) electrons. The summed E-state index contributed by atoms with van der Waals surface area (Å²) in [6.45, 7) is 1.72. The summed E-state index contributed by atoms with van der Waals surface area (Å²) in [4.78, 5) is 62.9. The molecule has 2 atom stereocenters. The molecule has 1 fully saturated rings. The maximum absolute atomic E-state index is 12.7. The minimum absolute atomic E-state index is 0.180. The monoisotopic (exact) mass is 490 g/mol. The second-order valence-electron chi connectivity index (χ2n) is 8.55. The number of benzene rings is 2. The lowest BCUT2D eigenvalue weighted by Gasteiger charge is -2.15. The third-order valence-corrected chi connectivity index (χ3v) is 6.04. The van der Waals surface area contributed by atoms with E-state index in [1.807, 2.05) is 19.1 Å². The number of hydrogen-bond acceptors (Lipinski definition) is 7. The quantitative estimate of drug-likeness (QED) is 0.342. The third-order valence-electron chi connectivity index (χ3n) is 6.04. The molecule has 9 heteroatoms. The molecule has 9 nitrogen and oxygen atoms in total. The van der Waals surface area contributed by atoms with Gasteiger partial charge in [-0.2, -0.15) is 0 Å². The van der Waals surface area contributed by atoms with Gasteiger partial charge in [-0.15, -0.1) is 0 Å². The first-order chi connectivity index (χ1) is 17.4. The Labute approximate surface area is 208 Å². The topological polar surface area (TPSA) is 119 Å². The SMILES string of the molecule is CCCOC(=O)c1ccc(NC(=O)COC(=O)c2ccc(N3C(=O)[C@H]4CC=CC[C@@H]4C3=O)cc2)cc1. The van der Waals surface area contributed by atoms with Crippen molar-refractivity contribution in [2.24, 2.45) is 11.8 Å². The molecule has 2 aromatic carbocycles. The van der Waals surface area contributed by atoms with Crippen molar-refractivity contribution in [1.29, 1.82) is 0 Å². The van der Waals surface area contributed by atoms with Crippen molar-refractivity contribution >= 4 is 41.0 Å². The molecule has 0 saturated carbocycles. The fraction of sp³-hybridized carbons (Fsp3) is 0.296. The van der Waals surface area contributed by atoms with Crippen molar-refractivity contribution in [3.05, 3.63) is 71.8 Å². The van der Waals surface area contributed by atoms with Crippen molar-refractivity contribution in [3.8, 4) is 0 Å². The van der Waals surface area contributed by atoms with E-state index in [2.05, 4.69) is 5.32 Å². The number of imide groups is 1. The second kappa shape index (κ2) is 11.0. The molecule has 2 aromatic rings. The first-order valence-electron chi connectivity index (χ1n) is 11.8. The molecule has 1 saturated heterocycles. The maximum Gasteiger partial charge on any atom is 0.338 e. The Bertz CT molecular complexity index is 1180. The van der Waals surface area contributed by atoms with Gasteiger partial charge in [0.25, 0.3) is 5.91 Å². The Morgan fingerprint density at radius 2 is 1.36 bits per heavy atom. The van der Waals surface area contributed by atoms with Crippen LogP contribution in [0.15, 0.2) is 60.7 Å². The van der Waals surface area contributed by atoms with E-state index in [0.717, 1.165) is 6.42 Å². The summed E-state index contributed by atoms with van der Waals surface area (Å²) in [6.07, 6.45) is 5.66. The molecule has 0 bridgehead atoms. The number of amides is 3. The number of carbonyl (C=O) groups is 5. The average Bonchev–Trinajstić information content (AvgIpc) is 3.16. The van der Waals surface area contributed by atoms with Gasteiger partial charge in [0.15, 0.2) is 6.61 Å². The van der Waals surface area contributed by atoms with Gasteiger partial charge in [0.1, 0.15) is 0 Å². The van der Waals surface area contributed by atoms with Gasteiger partial charge in [-0.3, -0.25) is 19.3 Å². The fourth-order valence-corrected chi connectivity index (χ4v) is 4.18. The Morgan fingerprint density at radius 1 is 0.833 bits per heavy atom. The number of esters is 2. The van der Waals surface area contributed by atoms with E-state index in [4.69, 9.17) is 9.47 Å². The van der Waals surface area contributed by atoms with Crippen LogP contribution in [0, 0.1) is 11.8 Å². The zero-order valence-electron chi connectivity index (χ0n) is 19.8. The molecule has 2 aliphatic rings. The van der Waals surface area contributed by atoms with Gasteiger partial charge in [-0.25, -0.2) is 9.59 Å². The van der Waals surface area contributed by atoms with Crippen LogP contribution >= 0.6 is 0 Å². The van der Waals surface area contributed by atoms with Crippen LogP contribution in [-0.2, 0) is 23.9 Å². The van der Waals surface area contributed by atoms with Gasteiger partial charge in [-0.1, -0.05) is 19.1 Å². The average molecular weight is 491 g/mol. The maximum atomic E-state index is 12.7. The smallest absolute Gasteiger partial charge is 0.338 e. The standard InChI is InChI=1S/C27H26N2O7/c1-2-15-35-26(33)17-7-11-19(12-8-17)28-23(30)16-36-27(34)18-9-13-20(14-10-18)29-24(31)21-5-3-4-6-22(21)25(29)32/h3-4,7-14,21-22H,2,5-6,15-16H2,1H3,(H,28,30)/t21-,22-/m0/s1. The normalized spacial score (nSPS) is 18.5. The van der Waals surface area contributed by atoms with E-state index >= 15 is 0 Å². The highest BCUT2D eigenvalue weighted by molar-refractivity contribution is 6.22. The zero-order valence-corrected chi connectivity index (χ0v) is 19.8. The predicted octanol–water partition coefficient (Wildman–Crippen LogP) is 3.50. The summed E-state index contributed by atoms with van der Waals surface area (Å²) in [5, 5.41) is 2.58. The van der Waals surface area contributed by atoms with Crippen molar-refractivity contribution in [2.45, 2.75) is 26.2 Å². The van der Waals surface area contributed by atoms with Gasteiger partial charge in [0.05, 0.1) is 35.3 Å². The van der Waals surface area contributed by atoms with Crippen molar-refractivity contribution in [1.82, 2.24) is 0 Å². The molecule has 36 heavy (non-hydrogen) atoms. The Kier molecular flexibility index (Phi) is 7.58.